The monoisotopic (exact) mass is 265 g/mol. The number of aromatic nitrogens is 2. The molecule has 104 valence electrons. The number of nitrogens with two attached hydrogens (primary N) is 1. The molecule has 1 aliphatic carbocycles. The van der Waals surface area contributed by atoms with E-state index in [1.165, 1.54) is 10.9 Å². The topological polar surface area (TPSA) is 102 Å². The average molecular weight is 265 g/mol. The van der Waals surface area contributed by atoms with Crippen LogP contribution in [0.1, 0.15) is 36.7 Å². The molecule has 3 amide bonds. The molecule has 0 aromatic carbocycles. The zero-order valence-corrected chi connectivity index (χ0v) is 11.2. The summed E-state index contributed by atoms with van der Waals surface area (Å²) in [5, 5.41) is 9.33. The molecule has 19 heavy (non-hydrogen) atoms. The first-order valence-corrected chi connectivity index (χ1v) is 6.34. The van der Waals surface area contributed by atoms with Crippen LogP contribution in [0.3, 0.4) is 0 Å². The van der Waals surface area contributed by atoms with Gasteiger partial charge in [0.25, 0.3) is 5.91 Å². The van der Waals surface area contributed by atoms with Gasteiger partial charge in [-0.15, -0.1) is 0 Å². The smallest absolute Gasteiger partial charge is 0.319 e. The van der Waals surface area contributed by atoms with E-state index in [1.807, 2.05) is 0 Å². The van der Waals surface area contributed by atoms with Crippen molar-refractivity contribution in [1.29, 1.82) is 0 Å². The second-order valence-corrected chi connectivity index (χ2v) is 5.06. The third-order valence-electron chi connectivity index (χ3n) is 3.75. The SMILES string of the molecule is CCC1(CNC(=O)Nc2cnn(C)c2C(N)=O)CC1. The van der Waals surface area contributed by atoms with Gasteiger partial charge in [-0.05, 0) is 24.7 Å². The van der Waals surface area contributed by atoms with Gasteiger partial charge < -0.3 is 16.4 Å². The summed E-state index contributed by atoms with van der Waals surface area (Å²) in [5.74, 6) is -0.623. The first kappa shape index (κ1) is 13.4. The van der Waals surface area contributed by atoms with E-state index in [0.717, 1.165) is 19.3 Å². The first-order chi connectivity index (χ1) is 8.97. The van der Waals surface area contributed by atoms with Crippen LogP contribution in [0, 0.1) is 5.41 Å². The van der Waals surface area contributed by atoms with Crippen LogP contribution in [0.15, 0.2) is 6.20 Å². The molecule has 0 radical (unpaired) electrons. The number of amides is 3. The maximum atomic E-state index is 11.8. The number of nitrogens with one attached hydrogen (secondary N) is 2. The van der Waals surface area contributed by atoms with Crippen LogP contribution in [0.2, 0.25) is 0 Å². The maximum Gasteiger partial charge on any atom is 0.319 e. The highest BCUT2D eigenvalue weighted by molar-refractivity contribution is 6.01. The number of rotatable bonds is 5. The van der Waals surface area contributed by atoms with Gasteiger partial charge in [0.1, 0.15) is 5.69 Å². The molecule has 0 unspecified atom stereocenters. The van der Waals surface area contributed by atoms with Crippen molar-refractivity contribution in [3.05, 3.63) is 11.9 Å². The van der Waals surface area contributed by atoms with Crippen LogP contribution >= 0.6 is 0 Å². The molecular formula is C12H19N5O2. The van der Waals surface area contributed by atoms with Gasteiger partial charge in [0, 0.05) is 13.6 Å². The maximum absolute atomic E-state index is 11.8. The number of anilines is 1. The number of hydrogen-bond donors (Lipinski definition) is 3. The summed E-state index contributed by atoms with van der Waals surface area (Å²) in [6, 6.07) is -0.338. The molecule has 0 spiro atoms. The molecular weight excluding hydrogens is 246 g/mol. The van der Waals surface area contributed by atoms with Crippen molar-refractivity contribution in [2.45, 2.75) is 26.2 Å². The Labute approximate surface area is 111 Å². The number of hydrogen-bond acceptors (Lipinski definition) is 3. The van der Waals surface area contributed by atoms with Crippen LogP contribution in [0.25, 0.3) is 0 Å². The van der Waals surface area contributed by atoms with E-state index in [0.29, 0.717) is 12.2 Å². The summed E-state index contributed by atoms with van der Waals surface area (Å²) < 4.78 is 1.34. The number of carbonyl (C=O) groups is 2. The predicted octanol–water partition coefficient (Wildman–Crippen LogP) is 0.831. The van der Waals surface area contributed by atoms with Crippen molar-refractivity contribution in [3.63, 3.8) is 0 Å². The highest BCUT2D eigenvalue weighted by atomic mass is 16.2. The van der Waals surface area contributed by atoms with Gasteiger partial charge in [-0.25, -0.2) is 4.79 Å². The fraction of sp³-hybridized carbons (Fsp3) is 0.583. The number of aryl methyl sites for hydroxylation is 1. The zero-order valence-electron chi connectivity index (χ0n) is 11.2. The number of nitrogens with zero attached hydrogens (tertiary/aromatic N) is 2. The van der Waals surface area contributed by atoms with Crippen molar-refractivity contribution >= 4 is 17.6 Å². The van der Waals surface area contributed by atoms with Crippen molar-refractivity contribution in [3.8, 4) is 0 Å². The Morgan fingerprint density at radius 3 is 2.74 bits per heavy atom. The van der Waals surface area contributed by atoms with E-state index in [9.17, 15) is 9.59 Å². The molecule has 0 bridgehead atoms. The van der Waals surface area contributed by atoms with Gasteiger partial charge >= 0.3 is 6.03 Å². The van der Waals surface area contributed by atoms with Crippen LogP contribution in [0.5, 0.6) is 0 Å². The van der Waals surface area contributed by atoms with Crippen molar-refractivity contribution in [2.24, 2.45) is 18.2 Å². The van der Waals surface area contributed by atoms with Crippen LogP contribution < -0.4 is 16.4 Å². The van der Waals surface area contributed by atoms with E-state index in [1.54, 1.807) is 7.05 Å². The summed E-state index contributed by atoms with van der Waals surface area (Å²) >= 11 is 0. The summed E-state index contributed by atoms with van der Waals surface area (Å²) in [5.41, 5.74) is 6.03. The van der Waals surface area contributed by atoms with Gasteiger partial charge in [-0.1, -0.05) is 6.92 Å². The second-order valence-electron chi connectivity index (χ2n) is 5.06. The van der Waals surface area contributed by atoms with Crippen molar-refractivity contribution in [1.82, 2.24) is 15.1 Å². The van der Waals surface area contributed by atoms with Crippen LogP contribution in [-0.2, 0) is 7.05 Å². The van der Waals surface area contributed by atoms with Gasteiger partial charge in [0.05, 0.1) is 11.9 Å². The van der Waals surface area contributed by atoms with Gasteiger partial charge in [-0.3, -0.25) is 9.48 Å². The van der Waals surface area contributed by atoms with Crippen LogP contribution in [0.4, 0.5) is 10.5 Å². The molecule has 0 aliphatic heterocycles. The molecule has 4 N–H and O–H groups in total. The zero-order chi connectivity index (χ0) is 14.0. The Balaban J connectivity index is 1.94. The Hall–Kier alpha value is -2.05. The molecule has 0 atom stereocenters. The van der Waals surface area contributed by atoms with Crippen molar-refractivity contribution < 1.29 is 9.59 Å². The average Bonchev–Trinajstić information content (AvgIpc) is 3.06. The van der Waals surface area contributed by atoms with E-state index in [4.69, 9.17) is 5.73 Å². The fourth-order valence-corrected chi connectivity index (χ4v) is 2.09. The Bertz CT molecular complexity index is 504. The van der Waals surface area contributed by atoms with E-state index >= 15 is 0 Å². The minimum Gasteiger partial charge on any atom is -0.364 e. The lowest BCUT2D eigenvalue weighted by Gasteiger charge is -2.13. The molecule has 1 fully saturated rings. The third-order valence-corrected chi connectivity index (χ3v) is 3.75. The normalized spacial score (nSPS) is 15.9. The molecule has 7 nitrogen and oxygen atoms in total. The number of urea groups is 1. The van der Waals surface area contributed by atoms with E-state index in [2.05, 4.69) is 22.7 Å². The molecule has 1 heterocycles. The molecule has 1 saturated carbocycles. The summed E-state index contributed by atoms with van der Waals surface area (Å²) in [6.45, 7) is 2.78. The molecule has 2 rings (SSSR count). The lowest BCUT2D eigenvalue weighted by Crippen LogP contribution is -2.34. The second kappa shape index (κ2) is 4.91. The summed E-state index contributed by atoms with van der Waals surface area (Å²) in [6.07, 6.45) is 4.78. The summed E-state index contributed by atoms with van der Waals surface area (Å²) in [4.78, 5) is 23.0. The molecule has 1 aliphatic rings. The number of primary amides is 1. The minimum absolute atomic E-state index is 0.187. The first-order valence-electron chi connectivity index (χ1n) is 6.34. The highest BCUT2D eigenvalue weighted by Gasteiger charge is 2.40. The largest absolute Gasteiger partial charge is 0.364 e. The standard InChI is InChI=1S/C12H19N5O2/c1-3-12(4-5-12)7-14-11(19)16-8-6-15-17(2)9(8)10(13)18/h6H,3-5,7H2,1-2H3,(H2,13,18)(H2,14,16,19). The minimum atomic E-state index is -0.623. The predicted molar refractivity (Wildman–Crippen MR) is 70.7 cm³/mol. The van der Waals surface area contributed by atoms with Gasteiger partial charge in [0.15, 0.2) is 0 Å². The van der Waals surface area contributed by atoms with E-state index < -0.39 is 5.91 Å². The molecule has 0 saturated heterocycles. The Kier molecular flexibility index (Phi) is 3.46. The quantitative estimate of drug-likeness (QED) is 0.734. The Morgan fingerprint density at radius 2 is 2.21 bits per heavy atom. The molecule has 7 heteroatoms. The molecule has 1 aromatic heterocycles. The van der Waals surface area contributed by atoms with Gasteiger partial charge in [-0.2, -0.15) is 5.10 Å². The van der Waals surface area contributed by atoms with E-state index in [-0.39, 0.29) is 17.1 Å². The summed E-state index contributed by atoms with van der Waals surface area (Å²) in [7, 11) is 1.60. The Morgan fingerprint density at radius 1 is 1.53 bits per heavy atom. The third kappa shape index (κ3) is 2.86. The van der Waals surface area contributed by atoms with Gasteiger partial charge in [0.2, 0.25) is 0 Å². The lowest BCUT2D eigenvalue weighted by atomic mass is 10.0. The van der Waals surface area contributed by atoms with Crippen molar-refractivity contribution in [2.75, 3.05) is 11.9 Å². The molecule has 1 aromatic rings. The fourth-order valence-electron chi connectivity index (χ4n) is 2.09. The highest BCUT2D eigenvalue weighted by Crippen LogP contribution is 2.47. The number of carbonyl (C=O) groups excluding carboxylic acids is 2. The lowest BCUT2D eigenvalue weighted by molar-refractivity contribution is 0.0992. The van der Waals surface area contributed by atoms with Crippen LogP contribution in [-0.4, -0.2) is 28.3 Å².